The second kappa shape index (κ2) is 5.91. The van der Waals surface area contributed by atoms with Crippen LogP contribution in [-0.2, 0) is 16.1 Å². The fourth-order valence-electron chi connectivity index (χ4n) is 2.32. The minimum absolute atomic E-state index is 0.203. The van der Waals surface area contributed by atoms with Gasteiger partial charge in [-0.2, -0.15) is 0 Å². The second-order valence-corrected chi connectivity index (χ2v) is 4.82. The number of ether oxygens (including phenoxy) is 1. The normalized spacial score (nSPS) is 10.8. The quantitative estimate of drug-likeness (QED) is 0.556. The highest BCUT2D eigenvalue weighted by Gasteiger charge is 2.13. The lowest BCUT2D eigenvalue weighted by Crippen LogP contribution is -2.38. The molecule has 0 bridgehead atoms. The summed E-state index contributed by atoms with van der Waals surface area (Å²) in [4.78, 5) is 42.1. The van der Waals surface area contributed by atoms with Gasteiger partial charge >= 0.3 is 17.1 Å². The van der Waals surface area contributed by atoms with Crippen molar-refractivity contribution in [2.24, 2.45) is 0 Å². The minimum Gasteiger partial charge on any atom is -0.465 e. The number of H-pyrrole nitrogens is 1. The fourth-order valence-corrected chi connectivity index (χ4v) is 2.32. The minimum atomic E-state index is -0.798. The van der Waals surface area contributed by atoms with E-state index in [-0.39, 0.29) is 13.2 Å². The number of aromatic amines is 1. The molecule has 3 aromatic rings. The fraction of sp³-hybridized carbons (Fsp3) is 0.200. The smallest absolute Gasteiger partial charge is 0.326 e. The molecule has 8 heteroatoms. The monoisotopic (exact) mass is 314 g/mol. The Labute approximate surface area is 130 Å². The third-order valence-corrected chi connectivity index (χ3v) is 3.35. The van der Waals surface area contributed by atoms with Crippen LogP contribution < -0.4 is 11.1 Å². The molecule has 0 aliphatic rings. The van der Waals surface area contributed by atoms with Gasteiger partial charge in [0.15, 0.2) is 0 Å². The van der Waals surface area contributed by atoms with E-state index in [2.05, 4.69) is 9.97 Å². The number of benzene rings is 1. The molecule has 0 saturated heterocycles. The molecule has 2 heterocycles. The number of carbonyl (C=O) groups excluding carboxylic acids is 1. The van der Waals surface area contributed by atoms with E-state index in [0.29, 0.717) is 11.0 Å². The highest BCUT2D eigenvalue weighted by Crippen LogP contribution is 2.15. The maximum atomic E-state index is 12.1. The first-order valence-corrected chi connectivity index (χ1v) is 7.01. The number of nitrogens with zero attached hydrogens (tertiary/aromatic N) is 3. The average Bonchev–Trinajstić information content (AvgIpc) is 3.06. The lowest BCUT2D eigenvalue weighted by molar-refractivity contribution is -0.143. The summed E-state index contributed by atoms with van der Waals surface area (Å²) < 4.78 is 7.74. The zero-order valence-corrected chi connectivity index (χ0v) is 12.4. The first-order chi connectivity index (χ1) is 11.1. The molecule has 23 heavy (non-hydrogen) atoms. The number of hydrogen-bond acceptors (Lipinski definition) is 5. The van der Waals surface area contributed by atoms with Crippen molar-refractivity contribution < 1.29 is 9.53 Å². The standard InChI is InChI=1S/C15H14N4O4/c1-2-23-13(20)8-19-12-7-10(18-6-5-16-9-18)3-4-11(12)17-14(21)15(19)22/h3-7,9H,2,8H2,1H3,(H,17,21). The Bertz CT molecular complexity index is 969. The molecule has 0 radical (unpaired) electrons. The average molecular weight is 314 g/mol. The van der Waals surface area contributed by atoms with Crippen LogP contribution in [0.1, 0.15) is 6.92 Å². The Balaban J connectivity index is 2.20. The van der Waals surface area contributed by atoms with Crippen LogP contribution in [0.2, 0.25) is 0 Å². The van der Waals surface area contributed by atoms with Crippen molar-refractivity contribution in [1.82, 2.24) is 19.1 Å². The first kappa shape index (κ1) is 14.8. The van der Waals surface area contributed by atoms with Crippen LogP contribution in [0.25, 0.3) is 16.7 Å². The maximum Gasteiger partial charge on any atom is 0.326 e. The van der Waals surface area contributed by atoms with Crippen LogP contribution in [0.15, 0.2) is 46.5 Å². The summed E-state index contributed by atoms with van der Waals surface area (Å²) in [5.41, 5.74) is 0.0705. The van der Waals surface area contributed by atoms with E-state index in [0.717, 1.165) is 10.3 Å². The first-order valence-electron chi connectivity index (χ1n) is 7.01. The van der Waals surface area contributed by atoms with E-state index in [1.54, 1.807) is 48.4 Å². The summed E-state index contributed by atoms with van der Waals surface area (Å²) in [6.07, 6.45) is 4.99. The Morgan fingerprint density at radius 1 is 1.35 bits per heavy atom. The van der Waals surface area contributed by atoms with E-state index >= 15 is 0 Å². The summed E-state index contributed by atoms with van der Waals surface area (Å²) in [6, 6.07) is 5.15. The molecule has 0 saturated carbocycles. The van der Waals surface area contributed by atoms with Gasteiger partial charge in [-0.1, -0.05) is 0 Å². The second-order valence-electron chi connectivity index (χ2n) is 4.82. The molecule has 0 spiro atoms. The van der Waals surface area contributed by atoms with Crippen molar-refractivity contribution in [2.45, 2.75) is 13.5 Å². The van der Waals surface area contributed by atoms with E-state index in [1.807, 2.05) is 0 Å². The molecule has 0 unspecified atom stereocenters. The molecule has 8 nitrogen and oxygen atoms in total. The number of hydrogen-bond donors (Lipinski definition) is 1. The Morgan fingerprint density at radius 2 is 2.17 bits per heavy atom. The summed E-state index contributed by atoms with van der Waals surface area (Å²) >= 11 is 0. The van der Waals surface area contributed by atoms with Gasteiger partial charge in [-0.3, -0.25) is 19.0 Å². The van der Waals surface area contributed by atoms with Gasteiger partial charge in [-0.15, -0.1) is 0 Å². The predicted molar refractivity (Wildman–Crippen MR) is 82.6 cm³/mol. The lowest BCUT2D eigenvalue weighted by atomic mass is 10.2. The van der Waals surface area contributed by atoms with Crippen LogP contribution in [0.4, 0.5) is 0 Å². The number of imidazole rings is 1. The SMILES string of the molecule is CCOC(=O)Cn1c(=O)c(=O)[nH]c2ccc(-n3ccnc3)cc21. The Morgan fingerprint density at radius 3 is 2.87 bits per heavy atom. The van der Waals surface area contributed by atoms with Crippen LogP contribution in [-0.4, -0.2) is 31.7 Å². The molecule has 0 aliphatic carbocycles. The van der Waals surface area contributed by atoms with E-state index < -0.39 is 17.1 Å². The number of carbonyl (C=O) groups is 1. The van der Waals surface area contributed by atoms with Crippen molar-refractivity contribution in [3.63, 3.8) is 0 Å². The van der Waals surface area contributed by atoms with Crippen LogP contribution >= 0.6 is 0 Å². The van der Waals surface area contributed by atoms with Gasteiger partial charge < -0.3 is 14.3 Å². The Hall–Kier alpha value is -3.16. The largest absolute Gasteiger partial charge is 0.465 e. The molecule has 0 aliphatic heterocycles. The number of aromatic nitrogens is 4. The molecule has 0 fully saturated rings. The molecule has 1 aromatic carbocycles. The highest BCUT2D eigenvalue weighted by molar-refractivity contribution is 5.79. The van der Waals surface area contributed by atoms with Crippen molar-refractivity contribution in [3.05, 3.63) is 57.6 Å². The summed E-state index contributed by atoms with van der Waals surface area (Å²) in [5.74, 6) is -0.575. The van der Waals surface area contributed by atoms with Gasteiger partial charge in [-0.25, -0.2) is 4.98 Å². The van der Waals surface area contributed by atoms with E-state index in [4.69, 9.17) is 4.74 Å². The molecule has 0 atom stereocenters. The molecule has 118 valence electrons. The van der Waals surface area contributed by atoms with Crippen molar-refractivity contribution in [2.75, 3.05) is 6.61 Å². The van der Waals surface area contributed by atoms with Gasteiger partial charge in [0.2, 0.25) is 0 Å². The molecule has 3 rings (SSSR count). The zero-order chi connectivity index (χ0) is 16.4. The predicted octanol–water partition coefficient (Wildman–Crippen LogP) is 0.439. The molecular weight excluding hydrogens is 300 g/mol. The van der Waals surface area contributed by atoms with Gasteiger partial charge in [0.25, 0.3) is 0 Å². The van der Waals surface area contributed by atoms with Crippen LogP contribution in [0.5, 0.6) is 0 Å². The maximum absolute atomic E-state index is 12.1. The zero-order valence-electron chi connectivity index (χ0n) is 12.4. The summed E-state index contributed by atoms with van der Waals surface area (Å²) in [6.45, 7) is 1.56. The van der Waals surface area contributed by atoms with Gasteiger partial charge in [0.05, 0.1) is 24.0 Å². The number of fused-ring (bicyclic) bond motifs is 1. The third-order valence-electron chi connectivity index (χ3n) is 3.35. The van der Waals surface area contributed by atoms with Crippen molar-refractivity contribution in [1.29, 1.82) is 0 Å². The van der Waals surface area contributed by atoms with Gasteiger partial charge in [0, 0.05) is 18.1 Å². The number of rotatable bonds is 4. The van der Waals surface area contributed by atoms with E-state index in [1.165, 1.54) is 0 Å². The molecular formula is C15H14N4O4. The van der Waals surface area contributed by atoms with Crippen molar-refractivity contribution >= 4 is 17.0 Å². The van der Waals surface area contributed by atoms with Crippen LogP contribution in [0, 0.1) is 0 Å². The summed E-state index contributed by atoms with van der Waals surface area (Å²) in [7, 11) is 0. The molecule has 2 aromatic heterocycles. The number of nitrogens with one attached hydrogen (secondary N) is 1. The third kappa shape index (κ3) is 2.78. The van der Waals surface area contributed by atoms with Crippen molar-refractivity contribution in [3.8, 4) is 5.69 Å². The van der Waals surface area contributed by atoms with E-state index in [9.17, 15) is 14.4 Å². The summed E-state index contributed by atoms with van der Waals surface area (Å²) in [5, 5.41) is 0. The van der Waals surface area contributed by atoms with Crippen LogP contribution in [0.3, 0.4) is 0 Å². The number of esters is 1. The topological polar surface area (TPSA) is 99.0 Å². The van der Waals surface area contributed by atoms with Gasteiger partial charge in [0.1, 0.15) is 6.54 Å². The molecule has 1 N–H and O–H groups in total. The highest BCUT2D eigenvalue weighted by atomic mass is 16.5. The lowest BCUT2D eigenvalue weighted by Gasteiger charge is -2.11. The van der Waals surface area contributed by atoms with Gasteiger partial charge in [-0.05, 0) is 25.1 Å². The molecule has 0 amide bonds. The Kier molecular flexibility index (Phi) is 3.80.